The maximum absolute atomic E-state index is 10.5. The van der Waals surface area contributed by atoms with Crippen LogP contribution in [-0.4, -0.2) is 4.92 Å². The molecular weight excluding hydrogens is 236 g/mol. The lowest BCUT2D eigenvalue weighted by Gasteiger charge is -2.26. The van der Waals surface area contributed by atoms with Gasteiger partial charge in [0.2, 0.25) is 0 Å². The Hall–Kier alpha value is -0.650. The van der Waals surface area contributed by atoms with E-state index in [1.807, 2.05) is 20.8 Å². The Morgan fingerprint density at radius 1 is 1.53 bits per heavy atom. The Kier molecular flexibility index (Phi) is 4.70. The minimum Gasteiger partial charge on any atom is -0.323 e. The number of nitro groups is 1. The van der Waals surface area contributed by atoms with Crippen LogP contribution in [0.2, 0.25) is 0 Å². The summed E-state index contributed by atoms with van der Waals surface area (Å²) < 4.78 is 0. The molecular formula is C9H15ClN2O2S. The summed E-state index contributed by atoms with van der Waals surface area (Å²) in [5, 5.41) is 12.4. The third-order valence-corrected chi connectivity index (χ3v) is 2.98. The highest BCUT2D eigenvalue weighted by molar-refractivity contribution is 7.13. The van der Waals surface area contributed by atoms with E-state index < -0.39 is 0 Å². The van der Waals surface area contributed by atoms with Gasteiger partial charge >= 0.3 is 5.00 Å². The Morgan fingerprint density at radius 2 is 2.07 bits per heavy atom. The molecule has 1 aromatic rings. The number of thiophene rings is 1. The average molecular weight is 251 g/mol. The van der Waals surface area contributed by atoms with E-state index in [1.54, 1.807) is 11.4 Å². The van der Waals surface area contributed by atoms with Crippen LogP contribution in [0.25, 0.3) is 0 Å². The lowest BCUT2D eigenvalue weighted by atomic mass is 9.84. The molecule has 0 radical (unpaired) electrons. The van der Waals surface area contributed by atoms with E-state index in [4.69, 9.17) is 5.73 Å². The fraction of sp³-hybridized carbons (Fsp3) is 0.556. The molecule has 0 unspecified atom stereocenters. The van der Waals surface area contributed by atoms with Gasteiger partial charge in [0, 0.05) is 17.5 Å². The maximum Gasteiger partial charge on any atom is 0.324 e. The van der Waals surface area contributed by atoms with Gasteiger partial charge in [0.1, 0.15) is 0 Å². The van der Waals surface area contributed by atoms with Crippen molar-refractivity contribution in [1.29, 1.82) is 0 Å². The van der Waals surface area contributed by atoms with Gasteiger partial charge in [0.15, 0.2) is 0 Å². The molecule has 0 aliphatic carbocycles. The molecule has 0 saturated heterocycles. The van der Waals surface area contributed by atoms with Gasteiger partial charge in [-0.05, 0) is 11.0 Å². The zero-order valence-electron chi connectivity index (χ0n) is 8.89. The van der Waals surface area contributed by atoms with Crippen molar-refractivity contribution in [3.8, 4) is 0 Å². The first kappa shape index (κ1) is 14.3. The second kappa shape index (κ2) is 4.92. The summed E-state index contributed by atoms with van der Waals surface area (Å²) in [5.74, 6) is 0. The fourth-order valence-corrected chi connectivity index (χ4v) is 1.86. The summed E-state index contributed by atoms with van der Waals surface area (Å²) >= 11 is 1.12. The van der Waals surface area contributed by atoms with Gasteiger partial charge in [-0.3, -0.25) is 10.1 Å². The molecule has 0 saturated carbocycles. The standard InChI is InChI=1S/C9H14N2O2S.ClH/c1-9(2,3)8(10)6-4-7(11(12)13)14-5-6;/h4-5,8H,10H2,1-3H3;1H/t8-;/m1./s1. The molecule has 86 valence electrons. The third kappa shape index (κ3) is 3.44. The molecule has 0 aliphatic heterocycles. The Labute approximate surface area is 99.0 Å². The van der Waals surface area contributed by atoms with Crippen LogP contribution in [0.15, 0.2) is 11.4 Å². The predicted molar refractivity (Wildman–Crippen MR) is 64.6 cm³/mol. The molecule has 2 N–H and O–H groups in total. The zero-order chi connectivity index (χ0) is 10.9. The molecule has 0 bridgehead atoms. The van der Waals surface area contributed by atoms with E-state index in [9.17, 15) is 10.1 Å². The summed E-state index contributed by atoms with van der Waals surface area (Å²) in [4.78, 5) is 10.1. The van der Waals surface area contributed by atoms with E-state index in [-0.39, 0.29) is 33.8 Å². The highest BCUT2D eigenvalue weighted by Gasteiger charge is 2.24. The second-order valence-electron chi connectivity index (χ2n) is 4.32. The highest BCUT2D eigenvalue weighted by atomic mass is 35.5. The molecule has 0 amide bonds. The van der Waals surface area contributed by atoms with Crippen molar-refractivity contribution in [2.24, 2.45) is 11.1 Å². The van der Waals surface area contributed by atoms with Gasteiger partial charge < -0.3 is 5.73 Å². The van der Waals surface area contributed by atoms with Crippen molar-refractivity contribution in [1.82, 2.24) is 0 Å². The van der Waals surface area contributed by atoms with Gasteiger partial charge in [0.05, 0.1) is 4.92 Å². The summed E-state index contributed by atoms with van der Waals surface area (Å²) in [6.07, 6.45) is 0. The monoisotopic (exact) mass is 250 g/mol. The van der Waals surface area contributed by atoms with E-state index in [0.29, 0.717) is 0 Å². The molecule has 4 nitrogen and oxygen atoms in total. The number of nitrogens with two attached hydrogens (primary N) is 1. The number of nitrogens with zero attached hydrogens (tertiary/aromatic N) is 1. The van der Waals surface area contributed by atoms with Gasteiger partial charge in [-0.25, -0.2) is 0 Å². The van der Waals surface area contributed by atoms with Gasteiger partial charge in [-0.1, -0.05) is 32.1 Å². The van der Waals surface area contributed by atoms with Crippen LogP contribution >= 0.6 is 23.7 Å². The van der Waals surface area contributed by atoms with Crippen LogP contribution in [0.5, 0.6) is 0 Å². The number of halogens is 1. The molecule has 0 fully saturated rings. The smallest absolute Gasteiger partial charge is 0.323 e. The molecule has 1 rings (SSSR count). The number of rotatable bonds is 2. The van der Waals surface area contributed by atoms with Crippen molar-refractivity contribution in [2.45, 2.75) is 26.8 Å². The van der Waals surface area contributed by atoms with Crippen LogP contribution in [0, 0.1) is 15.5 Å². The third-order valence-electron chi connectivity index (χ3n) is 2.08. The van der Waals surface area contributed by atoms with Crippen LogP contribution in [-0.2, 0) is 0 Å². The van der Waals surface area contributed by atoms with Gasteiger partial charge in [0.25, 0.3) is 0 Å². The van der Waals surface area contributed by atoms with Crippen LogP contribution in [0.4, 0.5) is 5.00 Å². The van der Waals surface area contributed by atoms with Gasteiger partial charge in [-0.15, -0.1) is 12.4 Å². The van der Waals surface area contributed by atoms with Crippen molar-refractivity contribution in [2.75, 3.05) is 0 Å². The number of hydrogen-bond acceptors (Lipinski definition) is 4. The van der Waals surface area contributed by atoms with E-state index in [2.05, 4.69) is 0 Å². The first-order valence-corrected chi connectivity index (χ1v) is 5.18. The summed E-state index contributed by atoms with van der Waals surface area (Å²) in [7, 11) is 0. The second-order valence-corrected chi connectivity index (χ2v) is 5.21. The molecule has 6 heteroatoms. The van der Waals surface area contributed by atoms with E-state index in [1.165, 1.54) is 0 Å². The minimum absolute atomic E-state index is 0. The first-order chi connectivity index (χ1) is 6.32. The Balaban J connectivity index is 0.00000196. The Bertz CT molecular complexity index is 346. The average Bonchev–Trinajstić information content (AvgIpc) is 2.48. The van der Waals surface area contributed by atoms with Gasteiger partial charge in [-0.2, -0.15) is 0 Å². The van der Waals surface area contributed by atoms with Crippen LogP contribution in [0.1, 0.15) is 32.4 Å². The van der Waals surface area contributed by atoms with Crippen molar-refractivity contribution in [3.05, 3.63) is 27.1 Å². The van der Waals surface area contributed by atoms with E-state index >= 15 is 0 Å². The lowest BCUT2D eigenvalue weighted by molar-refractivity contribution is -0.380. The largest absolute Gasteiger partial charge is 0.324 e. The fourth-order valence-electron chi connectivity index (χ4n) is 1.10. The lowest BCUT2D eigenvalue weighted by Crippen LogP contribution is -2.25. The van der Waals surface area contributed by atoms with Crippen molar-refractivity contribution < 1.29 is 4.92 Å². The predicted octanol–water partition coefficient (Wildman–Crippen LogP) is 3.12. The van der Waals surface area contributed by atoms with Crippen LogP contribution < -0.4 is 5.73 Å². The number of hydrogen-bond donors (Lipinski definition) is 1. The van der Waals surface area contributed by atoms with E-state index in [0.717, 1.165) is 16.9 Å². The van der Waals surface area contributed by atoms with Crippen molar-refractivity contribution in [3.63, 3.8) is 0 Å². The highest BCUT2D eigenvalue weighted by Crippen LogP contribution is 2.34. The molecule has 0 spiro atoms. The zero-order valence-corrected chi connectivity index (χ0v) is 10.5. The minimum atomic E-state index is -0.385. The molecule has 0 aromatic carbocycles. The molecule has 1 aromatic heterocycles. The maximum atomic E-state index is 10.5. The summed E-state index contributed by atoms with van der Waals surface area (Å²) in [6.45, 7) is 6.05. The Morgan fingerprint density at radius 3 is 2.40 bits per heavy atom. The molecule has 15 heavy (non-hydrogen) atoms. The van der Waals surface area contributed by atoms with Crippen LogP contribution in [0.3, 0.4) is 0 Å². The van der Waals surface area contributed by atoms with Crippen molar-refractivity contribution >= 4 is 28.7 Å². The normalized spacial score (nSPS) is 13.1. The SMILES string of the molecule is CC(C)(C)[C@H](N)c1csc([N+](=O)[O-])c1.Cl. The molecule has 1 atom stereocenters. The molecule has 0 aliphatic rings. The first-order valence-electron chi connectivity index (χ1n) is 4.31. The quantitative estimate of drug-likeness (QED) is 0.648. The summed E-state index contributed by atoms with van der Waals surface area (Å²) in [6, 6.07) is 1.40. The topological polar surface area (TPSA) is 69.2 Å². The molecule has 1 heterocycles. The summed E-state index contributed by atoms with van der Waals surface area (Å²) in [5.41, 5.74) is 6.74.